The maximum Gasteiger partial charge on any atom is 0.257 e. The number of carbonyl (C=O) groups excluding carboxylic acids is 1. The molecule has 0 saturated carbocycles. The fourth-order valence-corrected chi connectivity index (χ4v) is 5.17. The molecule has 3 atom stereocenters. The third-order valence-corrected chi connectivity index (χ3v) is 6.27. The monoisotopic (exact) mass is 349 g/mol. The van der Waals surface area contributed by atoms with E-state index in [1.807, 2.05) is 18.7 Å². The van der Waals surface area contributed by atoms with Crippen LogP contribution in [-0.2, 0) is 17.8 Å². The van der Waals surface area contributed by atoms with Gasteiger partial charge in [-0.3, -0.25) is 14.2 Å². The van der Waals surface area contributed by atoms with Crippen molar-refractivity contribution in [2.45, 2.75) is 52.2 Å². The zero-order valence-electron chi connectivity index (χ0n) is 15.0. The number of hydrogen-bond donors (Lipinski definition) is 0. The van der Waals surface area contributed by atoms with Gasteiger partial charge in [0.05, 0.1) is 5.92 Å². The zero-order chi connectivity index (χ0) is 17.4. The number of fused-ring (bicyclic) bond motifs is 1. The summed E-state index contributed by atoms with van der Waals surface area (Å²) in [6, 6.07) is 0. The molecule has 5 nitrogen and oxygen atoms in total. The van der Waals surface area contributed by atoms with Crippen LogP contribution in [0.1, 0.15) is 38.4 Å². The maximum absolute atomic E-state index is 13.0. The molecule has 1 aromatic rings. The molecule has 24 heavy (non-hydrogen) atoms. The second-order valence-electron chi connectivity index (χ2n) is 7.42. The van der Waals surface area contributed by atoms with Crippen molar-refractivity contribution < 1.29 is 4.79 Å². The number of aromatic nitrogens is 2. The molecule has 3 heterocycles. The minimum absolute atomic E-state index is 0.0328. The Kier molecular flexibility index (Phi) is 5.04. The molecule has 0 aliphatic carbocycles. The molecule has 0 spiro atoms. The van der Waals surface area contributed by atoms with Crippen molar-refractivity contribution in [1.82, 2.24) is 14.5 Å². The van der Waals surface area contributed by atoms with E-state index >= 15 is 0 Å². The zero-order valence-corrected chi connectivity index (χ0v) is 15.9. The average molecular weight is 350 g/mol. The first-order valence-corrected chi connectivity index (χ1v) is 9.91. The molecule has 3 unspecified atom stereocenters. The topological polar surface area (TPSA) is 55.2 Å². The number of amides is 1. The Balaban J connectivity index is 1.82. The van der Waals surface area contributed by atoms with Gasteiger partial charge in [-0.2, -0.15) is 0 Å². The van der Waals surface area contributed by atoms with E-state index in [0.717, 1.165) is 35.3 Å². The standard InChI is InChI=1S/C18H27N3O2S/c1-5-15-13(4)19-18-21(17(15)23)9-14(10-24-18)16(22)20-7-11(2)6-12(3)8-20/h11-12,14H,5-10H2,1-4H3. The summed E-state index contributed by atoms with van der Waals surface area (Å²) in [5.74, 6) is 1.92. The van der Waals surface area contributed by atoms with E-state index in [9.17, 15) is 9.59 Å². The summed E-state index contributed by atoms with van der Waals surface area (Å²) in [7, 11) is 0. The van der Waals surface area contributed by atoms with Crippen LogP contribution in [0.4, 0.5) is 0 Å². The van der Waals surface area contributed by atoms with Gasteiger partial charge in [0.25, 0.3) is 5.56 Å². The lowest BCUT2D eigenvalue weighted by atomic mass is 9.91. The van der Waals surface area contributed by atoms with Crippen molar-refractivity contribution in [2.75, 3.05) is 18.8 Å². The predicted molar refractivity (Wildman–Crippen MR) is 96.4 cm³/mol. The van der Waals surface area contributed by atoms with Crippen molar-refractivity contribution in [3.05, 3.63) is 21.6 Å². The molecule has 3 rings (SSSR count). The van der Waals surface area contributed by atoms with Crippen LogP contribution >= 0.6 is 11.8 Å². The highest BCUT2D eigenvalue weighted by Gasteiger charge is 2.33. The summed E-state index contributed by atoms with van der Waals surface area (Å²) in [6.07, 6.45) is 1.87. The van der Waals surface area contributed by atoms with Crippen LogP contribution in [0.2, 0.25) is 0 Å². The molecule has 0 bridgehead atoms. The van der Waals surface area contributed by atoms with Gasteiger partial charge in [-0.1, -0.05) is 32.5 Å². The van der Waals surface area contributed by atoms with Crippen LogP contribution in [0.15, 0.2) is 9.95 Å². The van der Waals surface area contributed by atoms with Crippen molar-refractivity contribution in [1.29, 1.82) is 0 Å². The first kappa shape index (κ1) is 17.5. The Morgan fingerprint density at radius 3 is 2.54 bits per heavy atom. The fourth-order valence-electron chi connectivity index (χ4n) is 4.05. The maximum atomic E-state index is 13.0. The van der Waals surface area contributed by atoms with E-state index in [1.54, 1.807) is 16.3 Å². The molecule has 0 radical (unpaired) electrons. The van der Waals surface area contributed by atoms with Gasteiger partial charge in [0, 0.05) is 36.6 Å². The summed E-state index contributed by atoms with van der Waals surface area (Å²) in [6.45, 7) is 10.5. The number of aryl methyl sites for hydroxylation is 1. The van der Waals surface area contributed by atoms with Crippen LogP contribution in [0.25, 0.3) is 0 Å². The van der Waals surface area contributed by atoms with E-state index in [4.69, 9.17) is 0 Å². The number of hydrogen-bond acceptors (Lipinski definition) is 4. The number of carbonyl (C=O) groups is 1. The lowest BCUT2D eigenvalue weighted by Gasteiger charge is -2.38. The number of rotatable bonds is 2. The highest BCUT2D eigenvalue weighted by Crippen LogP contribution is 2.29. The van der Waals surface area contributed by atoms with Crippen molar-refractivity contribution in [2.24, 2.45) is 17.8 Å². The Bertz CT molecular complexity index is 690. The average Bonchev–Trinajstić information content (AvgIpc) is 2.53. The van der Waals surface area contributed by atoms with Crippen molar-refractivity contribution in [3.8, 4) is 0 Å². The first-order valence-electron chi connectivity index (χ1n) is 8.92. The molecule has 2 aliphatic heterocycles. The van der Waals surface area contributed by atoms with Gasteiger partial charge < -0.3 is 4.90 Å². The van der Waals surface area contributed by atoms with Gasteiger partial charge in [-0.05, 0) is 31.6 Å². The van der Waals surface area contributed by atoms with Crippen LogP contribution in [0.5, 0.6) is 0 Å². The Morgan fingerprint density at radius 1 is 1.25 bits per heavy atom. The highest BCUT2D eigenvalue weighted by atomic mass is 32.2. The first-order chi connectivity index (χ1) is 11.4. The SMILES string of the molecule is CCc1c(C)nc2n(c1=O)CC(C(=O)N1CC(C)CC(C)C1)CS2. The van der Waals surface area contributed by atoms with E-state index in [1.165, 1.54) is 6.42 Å². The van der Waals surface area contributed by atoms with Gasteiger partial charge in [0.2, 0.25) is 5.91 Å². The molecule has 6 heteroatoms. The molecule has 2 aliphatic rings. The third kappa shape index (κ3) is 3.25. The van der Waals surface area contributed by atoms with Crippen LogP contribution in [-0.4, -0.2) is 39.2 Å². The molecule has 0 aromatic carbocycles. The Labute approximate surface area is 147 Å². The second-order valence-corrected chi connectivity index (χ2v) is 8.41. The van der Waals surface area contributed by atoms with E-state index in [-0.39, 0.29) is 17.4 Å². The number of thioether (sulfide) groups is 1. The van der Waals surface area contributed by atoms with E-state index < -0.39 is 0 Å². The molecule has 1 fully saturated rings. The lowest BCUT2D eigenvalue weighted by molar-refractivity contribution is -0.138. The van der Waals surface area contributed by atoms with E-state index in [2.05, 4.69) is 18.8 Å². The molecule has 132 valence electrons. The molecular formula is C18H27N3O2S. The van der Waals surface area contributed by atoms with Gasteiger partial charge in [-0.25, -0.2) is 4.98 Å². The Hall–Kier alpha value is -1.30. The Morgan fingerprint density at radius 2 is 1.92 bits per heavy atom. The summed E-state index contributed by atoms with van der Waals surface area (Å²) >= 11 is 1.54. The van der Waals surface area contributed by atoms with Crippen LogP contribution < -0.4 is 5.56 Å². The van der Waals surface area contributed by atoms with Gasteiger partial charge in [-0.15, -0.1) is 0 Å². The number of piperidine rings is 1. The third-order valence-electron chi connectivity index (χ3n) is 5.13. The van der Waals surface area contributed by atoms with Gasteiger partial charge in [0.1, 0.15) is 0 Å². The van der Waals surface area contributed by atoms with Gasteiger partial charge >= 0.3 is 0 Å². The molecule has 1 saturated heterocycles. The lowest BCUT2D eigenvalue weighted by Crippen LogP contribution is -2.48. The largest absolute Gasteiger partial charge is 0.342 e. The molecule has 1 aromatic heterocycles. The quantitative estimate of drug-likeness (QED) is 0.769. The summed E-state index contributed by atoms with van der Waals surface area (Å²) in [5.41, 5.74) is 1.63. The number of likely N-dealkylation sites (tertiary alicyclic amines) is 1. The molecule has 0 N–H and O–H groups in total. The minimum atomic E-state index is -0.119. The smallest absolute Gasteiger partial charge is 0.257 e. The minimum Gasteiger partial charge on any atom is -0.342 e. The van der Waals surface area contributed by atoms with Crippen molar-refractivity contribution >= 4 is 17.7 Å². The summed E-state index contributed by atoms with van der Waals surface area (Å²) in [4.78, 5) is 32.3. The number of nitrogens with zero attached hydrogens (tertiary/aromatic N) is 3. The highest BCUT2D eigenvalue weighted by molar-refractivity contribution is 7.99. The van der Waals surface area contributed by atoms with Crippen LogP contribution in [0, 0.1) is 24.7 Å². The summed E-state index contributed by atoms with van der Waals surface area (Å²) in [5, 5.41) is 0.763. The van der Waals surface area contributed by atoms with Crippen molar-refractivity contribution in [3.63, 3.8) is 0 Å². The van der Waals surface area contributed by atoms with Crippen LogP contribution in [0.3, 0.4) is 0 Å². The van der Waals surface area contributed by atoms with Gasteiger partial charge in [0.15, 0.2) is 5.16 Å². The summed E-state index contributed by atoms with van der Waals surface area (Å²) < 4.78 is 1.72. The second kappa shape index (κ2) is 6.90. The molecule has 1 amide bonds. The normalized spacial score (nSPS) is 27.0. The predicted octanol–water partition coefficient (Wildman–Crippen LogP) is 2.34. The fraction of sp³-hybridized carbons (Fsp3) is 0.722. The van der Waals surface area contributed by atoms with E-state index in [0.29, 0.717) is 24.8 Å². The molecular weight excluding hydrogens is 322 g/mol.